The van der Waals surface area contributed by atoms with E-state index in [1.807, 2.05) is 35.7 Å². The van der Waals surface area contributed by atoms with Gasteiger partial charge >= 0.3 is 0 Å². The van der Waals surface area contributed by atoms with Crippen LogP contribution in [0.2, 0.25) is 0 Å². The normalized spacial score (nSPS) is 12.3. The Bertz CT molecular complexity index is 487. The lowest BCUT2D eigenvalue weighted by atomic mass is 10.2. The fraction of sp³-hybridized carbons (Fsp3) is 0.357. The van der Waals surface area contributed by atoms with Gasteiger partial charge in [-0.3, -0.25) is 0 Å². The Labute approximate surface area is 117 Å². The maximum atomic E-state index is 9.53. The van der Waals surface area contributed by atoms with Crippen LogP contribution in [-0.2, 0) is 4.74 Å². The highest BCUT2D eigenvalue weighted by Crippen LogP contribution is 2.24. The largest absolute Gasteiger partial charge is 0.391 e. The highest BCUT2D eigenvalue weighted by atomic mass is 32.1. The van der Waals surface area contributed by atoms with Crippen LogP contribution in [0.25, 0.3) is 11.3 Å². The predicted octanol–water partition coefficient (Wildman–Crippen LogP) is 2.62. The van der Waals surface area contributed by atoms with E-state index in [1.165, 1.54) is 0 Å². The lowest BCUT2D eigenvalue weighted by Crippen LogP contribution is -2.18. The molecule has 0 radical (unpaired) electrons. The molecule has 0 aliphatic heterocycles. The molecule has 0 spiro atoms. The summed E-state index contributed by atoms with van der Waals surface area (Å²) in [6, 6.07) is 10.1. The van der Waals surface area contributed by atoms with E-state index in [-0.39, 0.29) is 0 Å². The van der Waals surface area contributed by atoms with Crippen LogP contribution in [0, 0.1) is 0 Å². The van der Waals surface area contributed by atoms with Crippen LogP contribution in [0.3, 0.4) is 0 Å². The molecule has 1 aromatic carbocycles. The predicted molar refractivity (Wildman–Crippen MR) is 78.5 cm³/mol. The average Bonchev–Trinajstić information content (AvgIpc) is 2.89. The van der Waals surface area contributed by atoms with E-state index in [0.717, 1.165) is 16.4 Å². The number of rotatable bonds is 7. The fourth-order valence-electron chi connectivity index (χ4n) is 1.72. The number of aliphatic hydroxyl groups is 1. The van der Waals surface area contributed by atoms with Gasteiger partial charge in [0.15, 0.2) is 5.13 Å². The molecule has 102 valence electrons. The van der Waals surface area contributed by atoms with Crippen molar-refractivity contribution in [2.24, 2.45) is 0 Å². The molecule has 1 atom stereocenters. The summed E-state index contributed by atoms with van der Waals surface area (Å²) >= 11 is 1.57. The van der Waals surface area contributed by atoms with Crippen LogP contribution in [0.15, 0.2) is 35.7 Å². The second-order valence-electron chi connectivity index (χ2n) is 4.23. The minimum atomic E-state index is -0.425. The van der Waals surface area contributed by atoms with Gasteiger partial charge in [-0.1, -0.05) is 30.3 Å². The first-order chi connectivity index (χ1) is 9.29. The van der Waals surface area contributed by atoms with Crippen molar-refractivity contribution in [2.45, 2.75) is 12.5 Å². The highest BCUT2D eigenvalue weighted by molar-refractivity contribution is 7.14. The van der Waals surface area contributed by atoms with Crippen LogP contribution in [0.4, 0.5) is 5.13 Å². The van der Waals surface area contributed by atoms with Gasteiger partial charge in [-0.25, -0.2) is 4.98 Å². The van der Waals surface area contributed by atoms with Gasteiger partial charge < -0.3 is 15.2 Å². The molecule has 2 rings (SSSR count). The van der Waals surface area contributed by atoms with Crippen LogP contribution < -0.4 is 5.32 Å². The first-order valence-electron chi connectivity index (χ1n) is 6.21. The van der Waals surface area contributed by atoms with Crippen molar-refractivity contribution in [3.8, 4) is 11.3 Å². The van der Waals surface area contributed by atoms with E-state index < -0.39 is 6.10 Å². The van der Waals surface area contributed by atoms with Crippen molar-refractivity contribution < 1.29 is 9.84 Å². The van der Waals surface area contributed by atoms with Gasteiger partial charge in [-0.15, -0.1) is 11.3 Å². The molecule has 5 heteroatoms. The molecule has 0 bridgehead atoms. The third kappa shape index (κ3) is 4.31. The maximum Gasteiger partial charge on any atom is 0.183 e. The Kier molecular flexibility index (Phi) is 5.32. The molecule has 0 aliphatic carbocycles. The SMILES string of the molecule is COCC(O)CCNc1nc(-c2ccccc2)cs1. The standard InChI is InChI=1S/C14H18N2O2S/c1-18-9-12(17)7-8-15-14-16-13(10-19-14)11-5-3-2-4-6-11/h2-6,10,12,17H,7-9H2,1H3,(H,15,16). The Morgan fingerprint density at radius 1 is 1.37 bits per heavy atom. The van der Waals surface area contributed by atoms with Crippen molar-refractivity contribution in [2.75, 3.05) is 25.6 Å². The van der Waals surface area contributed by atoms with Gasteiger partial charge in [0.1, 0.15) is 0 Å². The Morgan fingerprint density at radius 2 is 2.16 bits per heavy atom. The van der Waals surface area contributed by atoms with Crippen molar-refractivity contribution in [3.63, 3.8) is 0 Å². The van der Waals surface area contributed by atoms with Crippen LogP contribution in [0.5, 0.6) is 0 Å². The lowest BCUT2D eigenvalue weighted by molar-refractivity contribution is 0.0615. The van der Waals surface area contributed by atoms with Gasteiger partial charge in [-0.05, 0) is 6.42 Å². The summed E-state index contributed by atoms with van der Waals surface area (Å²) < 4.78 is 4.88. The second-order valence-corrected chi connectivity index (χ2v) is 5.09. The smallest absolute Gasteiger partial charge is 0.183 e. The molecule has 1 heterocycles. The van der Waals surface area contributed by atoms with E-state index in [1.54, 1.807) is 18.4 Å². The summed E-state index contributed by atoms with van der Waals surface area (Å²) in [6.45, 7) is 1.06. The van der Waals surface area contributed by atoms with Gasteiger partial charge in [0.2, 0.25) is 0 Å². The molecule has 4 nitrogen and oxygen atoms in total. The molecule has 0 saturated heterocycles. The zero-order valence-corrected chi connectivity index (χ0v) is 11.7. The summed E-state index contributed by atoms with van der Waals surface area (Å²) in [5.74, 6) is 0. The third-order valence-electron chi connectivity index (χ3n) is 2.69. The van der Waals surface area contributed by atoms with Crippen LogP contribution in [-0.4, -0.2) is 36.5 Å². The molecular weight excluding hydrogens is 260 g/mol. The number of thiazole rings is 1. The number of benzene rings is 1. The summed E-state index contributed by atoms with van der Waals surface area (Å²) in [7, 11) is 1.59. The minimum Gasteiger partial charge on any atom is -0.391 e. The van der Waals surface area contributed by atoms with Crippen LogP contribution >= 0.6 is 11.3 Å². The number of aliphatic hydroxyl groups excluding tert-OH is 1. The zero-order valence-electron chi connectivity index (χ0n) is 10.9. The molecular formula is C14H18N2O2S. The molecule has 1 unspecified atom stereocenters. The first kappa shape index (κ1) is 14.0. The number of nitrogens with zero attached hydrogens (tertiary/aromatic N) is 1. The molecule has 1 aromatic heterocycles. The van der Waals surface area contributed by atoms with Crippen LogP contribution in [0.1, 0.15) is 6.42 Å². The monoisotopic (exact) mass is 278 g/mol. The molecule has 2 aromatic rings. The summed E-state index contributed by atoms with van der Waals surface area (Å²) in [6.07, 6.45) is 0.222. The molecule has 0 fully saturated rings. The third-order valence-corrected chi connectivity index (χ3v) is 3.49. The molecule has 19 heavy (non-hydrogen) atoms. The molecule has 0 aliphatic rings. The quantitative estimate of drug-likeness (QED) is 0.817. The highest BCUT2D eigenvalue weighted by Gasteiger charge is 2.05. The number of aromatic nitrogens is 1. The van der Waals surface area contributed by atoms with E-state index >= 15 is 0 Å². The first-order valence-corrected chi connectivity index (χ1v) is 7.09. The van der Waals surface area contributed by atoms with E-state index in [4.69, 9.17) is 4.74 Å². The Morgan fingerprint density at radius 3 is 2.89 bits per heavy atom. The molecule has 2 N–H and O–H groups in total. The maximum absolute atomic E-state index is 9.53. The van der Waals surface area contributed by atoms with Crippen molar-refractivity contribution >= 4 is 16.5 Å². The number of hydrogen-bond acceptors (Lipinski definition) is 5. The van der Waals surface area contributed by atoms with Gasteiger partial charge in [-0.2, -0.15) is 0 Å². The van der Waals surface area contributed by atoms with Gasteiger partial charge in [0, 0.05) is 24.6 Å². The minimum absolute atomic E-state index is 0.370. The number of ether oxygens (including phenoxy) is 1. The summed E-state index contributed by atoms with van der Waals surface area (Å²) in [4.78, 5) is 4.52. The average molecular weight is 278 g/mol. The van der Waals surface area contributed by atoms with Crippen molar-refractivity contribution in [3.05, 3.63) is 35.7 Å². The van der Waals surface area contributed by atoms with E-state index in [0.29, 0.717) is 19.6 Å². The van der Waals surface area contributed by atoms with Gasteiger partial charge in [0.25, 0.3) is 0 Å². The van der Waals surface area contributed by atoms with Crippen molar-refractivity contribution in [1.29, 1.82) is 0 Å². The summed E-state index contributed by atoms with van der Waals surface area (Å²) in [5, 5.41) is 15.7. The van der Waals surface area contributed by atoms with Gasteiger partial charge in [0.05, 0.1) is 18.4 Å². The second kappa shape index (κ2) is 7.23. The topological polar surface area (TPSA) is 54.4 Å². The summed E-state index contributed by atoms with van der Waals surface area (Å²) in [5.41, 5.74) is 2.09. The van der Waals surface area contributed by atoms with E-state index in [9.17, 15) is 5.11 Å². The van der Waals surface area contributed by atoms with E-state index in [2.05, 4.69) is 10.3 Å². The number of hydrogen-bond donors (Lipinski definition) is 2. The lowest BCUT2D eigenvalue weighted by Gasteiger charge is -2.09. The number of nitrogens with one attached hydrogen (secondary N) is 1. The van der Waals surface area contributed by atoms with Crippen molar-refractivity contribution in [1.82, 2.24) is 4.98 Å². The molecule has 0 amide bonds. The Hall–Kier alpha value is -1.43. The Balaban J connectivity index is 1.85. The zero-order chi connectivity index (χ0) is 13.5. The molecule has 0 saturated carbocycles. The fourth-order valence-corrected chi connectivity index (χ4v) is 2.47. The number of anilines is 1. The number of methoxy groups -OCH3 is 1.